The van der Waals surface area contributed by atoms with Crippen LogP contribution in [0.2, 0.25) is 0 Å². The number of halogens is 2. The van der Waals surface area contributed by atoms with Gasteiger partial charge in [-0.2, -0.15) is 5.10 Å². The molecule has 1 amide bonds. The molecule has 0 fully saturated rings. The third-order valence-corrected chi connectivity index (χ3v) is 6.42. The van der Waals surface area contributed by atoms with Crippen LogP contribution in [0.15, 0.2) is 77.2 Å². The summed E-state index contributed by atoms with van der Waals surface area (Å²) >= 11 is 0. The van der Waals surface area contributed by atoms with Crippen molar-refractivity contribution in [3.8, 4) is 33.8 Å². The first-order chi connectivity index (χ1) is 17.9. The van der Waals surface area contributed by atoms with Crippen LogP contribution < -0.4 is 5.32 Å². The zero-order valence-corrected chi connectivity index (χ0v) is 19.9. The maximum Gasteiger partial charge on any atom is 0.255 e. The first kappa shape index (κ1) is 22.6. The smallest absolute Gasteiger partial charge is 0.255 e. The van der Waals surface area contributed by atoms with Gasteiger partial charge in [-0.1, -0.05) is 12.1 Å². The molecule has 0 saturated heterocycles. The summed E-state index contributed by atoms with van der Waals surface area (Å²) in [5.41, 5.74) is 5.64. The van der Waals surface area contributed by atoms with Gasteiger partial charge in [0.05, 0.1) is 17.0 Å². The van der Waals surface area contributed by atoms with Crippen LogP contribution in [0.4, 0.5) is 8.78 Å². The van der Waals surface area contributed by atoms with E-state index in [9.17, 15) is 13.6 Å². The van der Waals surface area contributed by atoms with E-state index in [1.165, 1.54) is 18.2 Å². The zero-order chi connectivity index (χ0) is 25.7. The SMILES string of the molecule is CNC(=O)c1c(-c2ccc(F)cc2)oc2ccc(-c3cc(-c4cc5c(F)cccc5[nH]4)nnc3C)cc12. The molecule has 8 heteroatoms. The van der Waals surface area contributed by atoms with Crippen molar-refractivity contribution in [3.63, 3.8) is 0 Å². The summed E-state index contributed by atoms with van der Waals surface area (Å²) in [5, 5.41) is 12.4. The second kappa shape index (κ2) is 8.67. The van der Waals surface area contributed by atoms with E-state index in [2.05, 4.69) is 20.5 Å². The lowest BCUT2D eigenvalue weighted by Crippen LogP contribution is -2.18. The van der Waals surface area contributed by atoms with Gasteiger partial charge in [-0.05, 0) is 73.2 Å². The number of aromatic amines is 1. The molecule has 6 nitrogen and oxygen atoms in total. The number of furan rings is 1. The highest BCUT2D eigenvalue weighted by Gasteiger charge is 2.22. The molecule has 0 aliphatic carbocycles. The first-order valence-electron chi connectivity index (χ1n) is 11.6. The van der Waals surface area contributed by atoms with E-state index < -0.39 is 0 Å². The summed E-state index contributed by atoms with van der Waals surface area (Å²) in [7, 11) is 1.55. The van der Waals surface area contributed by atoms with Gasteiger partial charge in [-0.15, -0.1) is 5.10 Å². The predicted octanol–water partition coefficient (Wildman–Crippen LogP) is 6.65. The van der Waals surface area contributed by atoms with Gasteiger partial charge in [0.2, 0.25) is 0 Å². The number of carbonyl (C=O) groups excluding carboxylic acids is 1. The van der Waals surface area contributed by atoms with Gasteiger partial charge in [-0.25, -0.2) is 8.78 Å². The minimum atomic E-state index is -0.377. The molecule has 0 aliphatic rings. The van der Waals surface area contributed by atoms with Crippen LogP contribution in [-0.2, 0) is 0 Å². The number of nitrogens with one attached hydrogen (secondary N) is 2. The Bertz CT molecular complexity index is 1820. The third-order valence-electron chi connectivity index (χ3n) is 6.42. The summed E-state index contributed by atoms with van der Waals surface area (Å²) in [6.45, 7) is 1.85. The van der Waals surface area contributed by atoms with Crippen LogP contribution in [0.25, 0.3) is 55.7 Å². The van der Waals surface area contributed by atoms with Crippen molar-refractivity contribution in [1.82, 2.24) is 20.5 Å². The van der Waals surface area contributed by atoms with Crippen molar-refractivity contribution in [3.05, 3.63) is 95.7 Å². The summed E-state index contributed by atoms with van der Waals surface area (Å²) in [6, 6.07) is 19.8. The summed E-state index contributed by atoms with van der Waals surface area (Å²) in [6.07, 6.45) is 0. The molecule has 0 unspecified atom stereocenters. The number of fused-ring (bicyclic) bond motifs is 2. The van der Waals surface area contributed by atoms with Crippen LogP contribution in [-0.4, -0.2) is 28.1 Å². The van der Waals surface area contributed by atoms with Gasteiger partial charge in [0.1, 0.15) is 28.7 Å². The molecule has 2 N–H and O–H groups in total. The Kier molecular flexibility index (Phi) is 5.30. The molecule has 37 heavy (non-hydrogen) atoms. The van der Waals surface area contributed by atoms with E-state index >= 15 is 0 Å². The number of aromatic nitrogens is 3. The van der Waals surface area contributed by atoms with Crippen LogP contribution >= 0.6 is 0 Å². The topological polar surface area (TPSA) is 83.8 Å². The van der Waals surface area contributed by atoms with E-state index in [0.29, 0.717) is 55.8 Å². The van der Waals surface area contributed by atoms with Crippen molar-refractivity contribution < 1.29 is 18.0 Å². The Morgan fingerprint density at radius 2 is 1.70 bits per heavy atom. The number of nitrogens with zero attached hydrogens (tertiary/aromatic N) is 2. The highest BCUT2D eigenvalue weighted by atomic mass is 19.1. The highest BCUT2D eigenvalue weighted by molar-refractivity contribution is 6.11. The number of benzene rings is 3. The number of hydrogen-bond acceptors (Lipinski definition) is 4. The van der Waals surface area contributed by atoms with Crippen molar-refractivity contribution in [2.24, 2.45) is 0 Å². The quantitative estimate of drug-likeness (QED) is 0.287. The van der Waals surface area contributed by atoms with E-state index in [0.717, 1.165) is 11.1 Å². The summed E-state index contributed by atoms with van der Waals surface area (Å²) < 4.78 is 33.8. The lowest BCUT2D eigenvalue weighted by Gasteiger charge is -2.07. The number of carbonyl (C=O) groups is 1. The Morgan fingerprint density at radius 1 is 0.919 bits per heavy atom. The maximum absolute atomic E-state index is 14.2. The van der Waals surface area contributed by atoms with Crippen molar-refractivity contribution in [2.45, 2.75) is 6.92 Å². The van der Waals surface area contributed by atoms with Crippen molar-refractivity contribution in [1.29, 1.82) is 0 Å². The number of amides is 1. The Labute approximate surface area is 210 Å². The average molecular weight is 495 g/mol. The fraction of sp³-hybridized carbons (Fsp3) is 0.0690. The van der Waals surface area contributed by atoms with Crippen LogP contribution in [0.5, 0.6) is 0 Å². The number of aryl methyl sites for hydroxylation is 1. The van der Waals surface area contributed by atoms with E-state index in [1.54, 1.807) is 43.4 Å². The predicted molar refractivity (Wildman–Crippen MR) is 138 cm³/mol. The average Bonchev–Trinajstić information content (AvgIpc) is 3.51. The molecule has 3 heterocycles. The number of hydrogen-bond donors (Lipinski definition) is 2. The van der Waals surface area contributed by atoms with E-state index in [1.807, 2.05) is 25.1 Å². The van der Waals surface area contributed by atoms with Crippen LogP contribution in [0.3, 0.4) is 0 Å². The van der Waals surface area contributed by atoms with Crippen LogP contribution in [0, 0.1) is 18.6 Å². The molecular formula is C29H20F2N4O2. The first-order valence-corrected chi connectivity index (χ1v) is 11.6. The molecule has 6 rings (SSSR count). The standard InChI is InChI=1S/C29H20F2N4O2/c1-15-19(13-25(35-34-15)24-14-20-22(31)4-3-5-23(20)33-24)17-8-11-26-21(12-17)27(29(36)32-2)28(37-26)16-6-9-18(30)10-7-16/h3-14,33H,1-2H3,(H,32,36). The summed E-state index contributed by atoms with van der Waals surface area (Å²) in [4.78, 5) is 16.1. The molecule has 0 atom stereocenters. The van der Waals surface area contributed by atoms with Crippen molar-refractivity contribution in [2.75, 3.05) is 7.05 Å². The largest absolute Gasteiger partial charge is 0.455 e. The number of rotatable bonds is 4. The number of H-pyrrole nitrogens is 1. The van der Waals surface area contributed by atoms with Crippen LogP contribution in [0.1, 0.15) is 16.1 Å². The summed E-state index contributed by atoms with van der Waals surface area (Å²) in [5.74, 6) is -0.653. The molecule has 0 radical (unpaired) electrons. The third kappa shape index (κ3) is 3.83. The van der Waals surface area contributed by atoms with Gasteiger partial charge >= 0.3 is 0 Å². The fourth-order valence-corrected chi connectivity index (χ4v) is 4.55. The van der Waals surface area contributed by atoms with E-state index in [-0.39, 0.29) is 17.5 Å². The molecule has 0 saturated carbocycles. The minimum Gasteiger partial charge on any atom is -0.455 e. The normalized spacial score (nSPS) is 11.4. The zero-order valence-electron chi connectivity index (χ0n) is 19.9. The maximum atomic E-state index is 14.2. The van der Waals surface area contributed by atoms with Crippen molar-refractivity contribution >= 4 is 27.8 Å². The van der Waals surface area contributed by atoms with Gasteiger partial charge in [0.15, 0.2) is 0 Å². The second-order valence-corrected chi connectivity index (χ2v) is 8.72. The minimum absolute atomic E-state index is 0.315. The lowest BCUT2D eigenvalue weighted by atomic mass is 9.99. The Balaban J connectivity index is 1.50. The molecule has 182 valence electrons. The molecule has 0 aliphatic heterocycles. The van der Waals surface area contributed by atoms with Gasteiger partial charge in [0, 0.05) is 34.5 Å². The molecular weight excluding hydrogens is 474 g/mol. The monoisotopic (exact) mass is 494 g/mol. The molecule has 0 spiro atoms. The second-order valence-electron chi connectivity index (χ2n) is 8.72. The highest BCUT2D eigenvalue weighted by Crippen LogP contribution is 2.37. The van der Waals surface area contributed by atoms with Gasteiger partial charge < -0.3 is 14.7 Å². The molecule has 3 aromatic heterocycles. The van der Waals surface area contributed by atoms with Gasteiger partial charge in [-0.3, -0.25) is 4.79 Å². The van der Waals surface area contributed by atoms with Gasteiger partial charge in [0.25, 0.3) is 5.91 Å². The Hall–Kier alpha value is -4.85. The lowest BCUT2D eigenvalue weighted by molar-refractivity contribution is 0.0964. The van der Waals surface area contributed by atoms with E-state index in [4.69, 9.17) is 4.42 Å². The molecule has 6 aromatic rings. The molecule has 3 aromatic carbocycles. The fourth-order valence-electron chi connectivity index (χ4n) is 4.55. The Morgan fingerprint density at radius 3 is 2.46 bits per heavy atom. The molecule has 0 bridgehead atoms.